The van der Waals surface area contributed by atoms with Crippen molar-refractivity contribution in [3.05, 3.63) is 141 Å². The number of carbonyl (C=O) groups is 1. The molecule has 0 bridgehead atoms. The van der Waals surface area contributed by atoms with Gasteiger partial charge in [-0.15, -0.1) is 11.3 Å². The van der Waals surface area contributed by atoms with Crippen LogP contribution in [0.3, 0.4) is 0 Å². The van der Waals surface area contributed by atoms with Gasteiger partial charge in [-0.2, -0.15) is 0 Å². The number of benzene rings is 3. The van der Waals surface area contributed by atoms with E-state index in [1.807, 2.05) is 27.7 Å². The molecule has 0 radical (unpaired) electrons. The molecular formula is C63H99NO6SSi3. The lowest BCUT2D eigenvalue weighted by Gasteiger charge is -2.45. The number of aromatic nitrogens is 1. The number of hydrogen-bond acceptors (Lipinski definition) is 8. The van der Waals surface area contributed by atoms with Crippen LogP contribution in [0.15, 0.2) is 114 Å². The highest BCUT2D eigenvalue weighted by Gasteiger charge is 2.48. The monoisotopic (exact) mass is 1080 g/mol. The number of nitrogens with zero attached hydrogens (tertiary/aromatic N) is 1. The summed E-state index contributed by atoms with van der Waals surface area (Å²) in [7, 11) is -6.50. The number of Topliss-reactive ketones (excluding diaryl/α,β-unsaturated/α-hetero) is 1. The first-order valence-corrected chi connectivity index (χ1v) is 37.1. The number of rotatable bonds is 27. The Hall–Kier alpha value is -3.11. The van der Waals surface area contributed by atoms with Crippen molar-refractivity contribution in [2.75, 3.05) is 13.2 Å². The summed E-state index contributed by atoms with van der Waals surface area (Å²) in [6.45, 7) is 45.1. The van der Waals surface area contributed by atoms with Gasteiger partial charge in [0.15, 0.2) is 25.0 Å². The maximum absolute atomic E-state index is 14.9. The third-order valence-corrected chi connectivity index (χ3v) is 31.3. The first kappa shape index (κ1) is 63.4. The molecule has 74 heavy (non-hydrogen) atoms. The molecular weight excluding hydrogens is 983 g/mol. The van der Waals surface area contributed by atoms with Crippen molar-refractivity contribution in [1.82, 2.24) is 4.98 Å². The van der Waals surface area contributed by atoms with Crippen molar-refractivity contribution in [3.8, 4) is 0 Å². The molecule has 0 aliphatic rings. The molecule has 0 saturated carbocycles. The zero-order valence-corrected chi connectivity index (χ0v) is 53.5. The van der Waals surface area contributed by atoms with Crippen LogP contribution in [-0.4, -0.2) is 72.4 Å². The summed E-state index contributed by atoms with van der Waals surface area (Å²) in [4.78, 5) is 19.6. The summed E-state index contributed by atoms with van der Waals surface area (Å²) in [5.74, 6) is -0.686. The average Bonchev–Trinajstić information content (AvgIpc) is 3.75. The fraction of sp³-hybridized carbons (Fsp3) is 0.587. The van der Waals surface area contributed by atoms with Crippen molar-refractivity contribution in [2.45, 2.75) is 207 Å². The largest absolute Gasteiger partial charge is 0.417 e. The molecule has 0 saturated heterocycles. The molecule has 5 atom stereocenters. The maximum Gasteiger partial charge on any atom is 0.192 e. The Morgan fingerprint density at radius 3 is 1.61 bits per heavy atom. The molecule has 410 valence electrons. The molecule has 0 aliphatic heterocycles. The molecule has 0 fully saturated rings. The maximum atomic E-state index is 14.9. The number of aryl methyl sites for hydroxylation is 1. The molecule has 1 aromatic heterocycles. The summed E-state index contributed by atoms with van der Waals surface area (Å²) in [6, 6.07) is 31.6. The summed E-state index contributed by atoms with van der Waals surface area (Å²) < 4.78 is 28.5. The molecule has 11 heteroatoms. The van der Waals surface area contributed by atoms with Crippen LogP contribution in [0.25, 0.3) is 6.08 Å². The highest BCUT2D eigenvalue weighted by Crippen LogP contribution is 2.45. The minimum absolute atomic E-state index is 0.0229. The number of carbonyl (C=O) groups excluding carboxylic acids is 1. The van der Waals surface area contributed by atoms with Crippen LogP contribution in [0.2, 0.25) is 54.4 Å². The Kier molecular flexibility index (Phi) is 22.3. The number of hydrogen-bond donors (Lipinski definition) is 1. The smallest absolute Gasteiger partial charge is 0.192 e. The molecule has 0 spiro atoms. The van der Waals surface area contributed by atoms with Gasteiger partial charge in [0.2, 0.25) is 0 Å². The average molecular weight is 1080 g/mol. The predicted molar refractivity (Wildman–Crippen MR) is 323 cm³/mol. The standard InChI is InChI=1S/C63H99NO6SSi3/c1-47(57(65)48(2)58(66)62(13,14)56(70-74(19,20)61(10,11)12)43-44-68-72(15,16)59(4,5)6)31-30-32-50(39-41-55(69-73(17,18)60(7,8)9)42-40-54-46-71-49(3)64-54)45-67-63(51-33-24-21-25-34-51,52-35-26-22-27-36-52)53-37-28-23-29-38-53/h21-29,33-40,42,46-48,55-57,65H,30-32,41,43-45H2,1-20H3/b42-40+,50-39+/t47-,48+,55-,56-,57-/m0/s1. The Balaban J connectivity index is 1.68. The molecule has 0 aliphatic carbocycles. The Labute approximate surface area is 457 Å². The summed E-state index contributed by atoms with van der Waals surface area (Å²) in [6.07, 6.45) is 8.85. The lowest BCUT2D eigenvalue weighted by Crippen LogP contribution is -2.52. The van der Waals surface area contributed by atoms with Crippen molar-refractivity contribution in [3.63, 3.8) is 0 Å². The molecule has 4 rings (SSSR count). The topological polar surface area (TPSA) is 87.1 Å². The second kappa shape index (κ2) is 26.0. The van der Waals surface area contributed by atoms with Crippen LogP contribution in [0.4, 0.5) is 0 Å². The van der Waals surface area contributed by atoms with Crippen molar-refractivity contribution in [2.24, 2.45) is 17.3 Å². The highest BCUT2D eigenvalue weighted by molar-refractivity contribution is 7.09. The SMILES string of the molecule is Cc1nc(/C=C/[C@H](C/C=C(\CCC[C@H](C)[C@H](O)[C@@H](C)C(=O)C(C)(C)[C@H](CCO[Si](C)(C)C(C)(C)C)O[Si](C)(C)C(C)(C)C)COC(c2ccccc2)(c2ccccc2)c2ccccc2)O[Si](C)(C)C(C)(C)C)cs1. The second-order valence-electron chi connectivity index (χ2n) is 26.2. The molecule has 1 N–H and O–H groups in total. The number of ether oxygens (including phenoxy) is 1. The zero-order chi connectivity index (χ0) is 55.6. The van der Waals surface area contributed by atoms with Gasteiger partial charge in [0.1, 0.15) is 11.4 Å². The van der Waals surface area contributed by atoms with Gasteiger partial charge in [0.25, 0.3) is 0 Å². The van der Waals surface area contributed by atoms with E-state index < -0.39 is 48.0 Å². The van der Waals surface area contributed by atoms with E-state index in [1.54, 1.807) is 11.3 Å². The number of ketones is 1. The van der Waals surface area contributed by atoms with Gasteiger partial charge in [0.05, 0.1) is 35.6 Å². The summed E-state index contributed by atoms with van der Waals surface area (Å²) in [5, 5.41) is 15.3. The molecule has 0 unspecified atom stereocenters. The van der Waals surface area contributed by atoms with E-state index in [-0.39, 0.29) is 39.0 Å². The Morgan fingerprint density at radius 1 is 0.689 bits per heavy atom. The Bertz CT molecular complexity index is 2300. The van der Waals surface area contributed by atoms with Crippen molar-refractivity contribution in [1.29, 1.82) is 0 Å². The van der Waals surface area contributed by atoms with Gasteiger partial charge in [-0.05, 0) is 128 Å². The van der Waals surface area contributed by atoms with E-state index in [1.165, 1.54) is 0 Å². The Morgan fingerprint density at radius 2 is 1.16 bits per heavy atom. The van der Waals surface area contributed by atoms with E-state index in [0.717, 1.165) is 52.2 Å². The fourth-order valence-electron chi connectivity index (χ4n) is 8.82. The van der Waals surface area contributed by atoms with Crippen LogP contribution in [0.1, 0.15) is 150 Å². The van der Waals surface area contributed by atoms with Gasteiger partial charge in [-0.25, -0.2) is 4.98 Å². The van der Waals surface area contributed by atoms with Crippen LogP contribution in [-0.2, 0) is 28.4 Å². The van der Waals surface area contributed by atoms with E-state index in [9.17, 15) is 9.90 Å². The molecule has 1 heterocycles. The van der Waals surface area contributed by atoms with Crippen molar-refractivity contribution < 1.29 is 27.9 Å². The van der Waals surface area contributed by atoms with Crippen LogP contribution in [0.5, 0.6) is 0 Å². The van der Waals surface area contributed by atoms with Crippen LogP contribution < -0.4 is 0 Å². The first-order valence-electron chi connectivity index (χ1n) is 27.5. The highest BCUT2D eigenvalue weighted by atomic mass is 32.1. The number of aliphatic hydroxyl groups excluding tert-OH is 1. The van der Waals surface area contributed by atoms with E-state index in [2.05, 4.69) is 223 Å². The second-order valence-corrected chi connectivity index (χ2v) is 41.6. The molecule has 7 nitrogen and oxygen atoms in total. The van der Waals surface area contributed by atoms with E-state index in [0.29, 0.717) is 26.1 Å². The van der Waals surface area contributed by atoms with E-state index in [4.69, 9.17) is 23.0 Å². The number of aliphatic hydroxyl groups is 1. The van der Waals surface area contributed by atoms with Gasteiger partial charge >= 0.3 is 0 Å². The van der Waals surface area contributed by atoms with E-state index >= 15 is 0 Å². The normalized spacial score (nSPS) is 16.0. The summed E-state index contributed by atoms with van der Waals surface area (Å²) >= 11 is 1.65. The zero-order valence-electron chi connectivity index (χ0n) is 49.7. The third-order valence-electron chi connectivity index (χ3n) is 17.0. The van der Waals surface area contributed by atoms with Gasteiger partial charge in [-0.1, -0.05) is 193 Å². The lowest BCUT2D eigenvalue weighted by molar-refractivity contribution is -0.141. The minimum Gasteiger partial charge on any atom is -0.417 e. The lowest BCUT2D eigenvalue weighted by atomic mass is 9.73. The molecule has 3 aromatic carbocycles. The minimum atomic E-state index is -2.29. The van der Waals surface area contributed by atoms with Gasteiger partial charge < -0.3 is 23.1 Å². The summed E-state index contributed by atoms with van der Waals surface area (Å²) in [5.41, 5.74) is 3.52. The number of thiazole rings is 1. The quantitative estimate of drug-likeness (QED) is 0.0362. The molecule has 4 aromatic rings. The fourth-order valence-corrected chi connectivity index (χ4v) is 13.2. The van der Waals surface area contributed by atoms with Gasteiger partial charge in [0, 0.05) is 23.3 Å². The van der Waals surface area contributed by atoms with Crippen LogP contribution in [0, 0.1) is 24.2 Å². The van der Waals surface area contributed by atoms with Crippen LogP contribution >= 0.6 is 11.3 Å². The van der Waals surface area contributed by atoms with Crippen molar-refractivity contribution >= 4 is 48.1 Å². The first-order chi connectivity index (χ1) is 34.2. The molecule has 0 amide bonds. The predicted octanol–water partition coefficient (Wildman–Crippen LogP) is 17.4. The van der Waals surface area contributed by atoms with Gasteiger partial charge in [-0.3, -0.25) is 4.79 Å². The third kappa shape index (κ3) is 16.7.